The number of aryl methyl sites for hydroxylation is 1. The lowest BCUT2D eigenvalue weighted by molar-refractivity contribution is -0.120. The molecule has 0 radical (unpaired) electrons. The van der Waals surface area contributed by atoms with E-state index in [2.05, 4.69) is 21.3 Å². The molecule has 1 fully saturated rings. The van der Waals surface area contributed by atoms with E-state index in [-0.39, 0.29) is 17.6 Å². The number of hydrogen-bond donors (Lipinski definition) is 1. The minimum atomic E-state index is -0.336. The molecule has 1 aromatic heterocycles. The van der Waals surface area contributed by atoms with Crippen molar-refractivity contribution in [1.82, 2.24) is 4.98 Å². The van der Waals surface area contributed by atoms with Crippen LogP contribution in [0.25, 0.3) is 10.9 Å². The fourth-order valence-electron chi connectivity index (χ4n) is 4.12. The van der Waals surface area contributed by atoms with Crippen molar-refractivity contribution >= 4 is 28.2 Å². The standard InChI is InChI=1S/C25H25FN4O2/c1-3-32-20-6-7-23-21(13-20)24(18(14-27)15-28-23)30-10-8-17(9-11-30)25(31)29-19-5-4-16(2)22(26)12-19/h4-7,12-13,15,17H,3,8-11H2,1-2H3,(H,29,31). The van der Waals surface area contributed by atoms with E-state index in [1.165, 1.54) is 6.07 Å². The summed E-state index contributed by atoms with van der Waals surface area (Å²) in [5.41, 5.74) is 3.14. The fourth-order valence-corrected chi connectivity index (χ4v) is 4.12. The number of nitrogens with one attached hydrogen (secondary N) is 1. The lowest BCUT2D eigenvalue weighted by atomic mass is 9.94. The zero-order valence-electron chi connectivity index (χ0n) is 18.2. The van der Waals surface area contributed by atoms with E-state index < -0.39 is 0 Å². The lowest BCUT2D eigenvalue weighted by Gasteiger charge is -2.34. The third-order valence-electron chi connectivity index (χ3n) is 5.86. The second-order valence-electron chi connectivity index (χ2n) is 7.96. The van der Waals surface area contributed by atoms with Crippen molar-refractivity contribution in [2.75, 3.05) is 29.9 Å². The molecule has 1 aliphatic rings. The highest BCUT2D eigenvalue weighted by atomic mass is 19.1. The summed E-state index contributed by atoms with van der Waals surface area (Å²) in [5, 5.41) is 13.4. The number of piperidine rings is 1. The molecule has 0 bridgehead atoms. The maximum absolute atomic E-state index is 13.8. The largest absolute Gasteiger partial charge is 0.494 e. The van der Waals surface area contributed by atoms with E-state index in [1.807, 2.05) is 25.1 Å². The summed E-state index contributed by atoms with van der Waals surface area (Å²) in [5.74, 6) is 0.121. The van der Waals surface area contributed by atoms with Crippen LogP contribution in [-0.4, -0.2) is 30.6 Å². The number of nitriles is 1. The summed E-state index contributed by atoms with van der Waals surface area (Å²) in [6.07, 6.45) is 2.88. The number of pyridine rings is 1. The maximum Gasteiger partial charge on any atom is 0.227 e. The van der Waals surface area contributed by atoms with Gasteiger partial charge >= 0.3 is 0 Å². The molecule has 1 aliphatic heterocycles. The molecule has 0 spiro atoms. The first-order valence-corrected chi connectivity index (χ1v) is 10.8. The Morgan fingerprint density at radius 1 is 1.28 bits per heavy atom. The Hall–Kier alpha value is -3.66. The van der Waals surface area contributed by atoms with Gasteiger partial charge < -0.3 is 15.0 Å². The zero-order chi connectivity index (χ0) is 22.7. The Morgan fingerprint density at radius 3 is 2.75 bits per heavy atom. The van der Waals surface area contributed by atoms with Crippen molar-refractivity contribution in [3.63, 3.8) is 0 Å². The van der Waals surface area contributed by atoms with Gasteiger partial charge in [-0.15, -0.1) is 0 Å². The molecule has 1 saturated heterocycles. The molecule has 32 heavy (non-hydrogen) atoms. The van der Waals surface area contributed by atoms with Crippen LogP contribution in [0.3, 0.4) is 0 Å². The molecule has 4 rings (SSSR count). The van der Waals surface area contributed by atoms with Gasteiger partial charge in [-0.3, -0.25) is 9.78 Å². The van der Waals surface area contributed by atoms with Crippen LogP contribution in [0.5, 0.6) is 5.75 Å². The average molecular weight is 432 g/mol. The predicted molar refractivity (Wildman–Crippen MR) is 122 cm³/mol. The van der Waals surface area contributed by atoms with Gasteiger partial charge in [-0.25, -0.2) is 4.39 Å². The molecule has 164 valence electrons. The number of halogens is 1. The van der Waals surface area contributed by atoms with E-state index in [0.29, 0.717) is 49.4 Å². The lowest BCUT2D eigenvalue weighted by Crippen LogP contribution is -2.38. The fraction of sp³-hybridized carbons (Fsp3) is 0.320. The second kappa shape index (κ2) is 9.23. The maximum atomic E-state index is 13.8. The number of ether oxygens (including phenoxy) is 1. The molecule has 1 amide bonds. The molecule has 6 nitrogen and oxygen atoms in total. The predicted octanol–water partition coefficient (Wildman–Crippen LogP) is 4.81. The van der Waals surface area contributed by atoms with E-state index in [0.717, 1.165) is 22.3 Å². The van der Waals surface area contributed by atoms with Crippen LogP contribution in [0.1, 0.15) is 30.9 Å². The number of benzene rings is 2. The minimum Gasteiger partial charge on any atom is -0.494 e. The minimum absolute atomic E-state index is 0.105. The highest BCUT2D eigenvalue weighted by molar-refractivity contribution is 5.96. The summed E-state index contributed by atoms with van der Waals surface area (Å²) in [7, 11) is 0. The van der Waals surface area contributed by atoms with Crippen LogP contribution in [0, 0.1) is 30.0 Å². The van der Waals surface area contributed by atoms with Gasteiger partial charge in [0, 0.05) is 36.3 Å². The van der Waals surface area contributed by atoms with Gasteiger partial charge in [0.05, 0.1) is 23.4 Å². The van der Waals surface area contributed by atoms with Gasteiger partial charge in [0.2, 0.25) is 5.91 Å². The monoisotopic (exact) mass is 432 g/mol. The third-order valence-corrected chi connectivity index (χ3v) is 5.86. The Labute approximate surface area is 186 Å². The summed E-state index contributed by atoms with van der Waals surface area (Å²) in [4.78, 5) is 19.3. The second-order valence-corrected chi connectivity index (χ2v) is 7.96. The van der Waals surface area contributed by atoms with Crippen LogP contribution in [-0.2, 0) is 4.79 Å². The van der Waals surface area contributed by atoms with Crippen LogP contribution < -0.4 is 15.0 Å². The highest BCUT2D eigenvalue weighted by Gasteiger charge is 2.27. The molecule has 2 aromatic carbocycles. The Bertz CT molecular complexity index is 1200. The van der Waals surface area contributed by atoms with Crippen molar-refractivity contribution in [1.29, 1.82) is 5.26 Å². The van der Waals surface area contributed by atoms with Gasteiger partial charge in [0.1, 0.15) is 17.6 Å². The molecular weight excluding hydrogens is 407 g/mol. The first-order chi connectivity index (χ1) is 15.5. The average Bonchev–Trinajstić information content (AvgIpc) is 2.81. The number of hydrogen-bond acceptors (Lipinski definition) is 5. The number of rotatable bonds is 5. The molecule has 7 heteroatoms. The molecule has 2 heterocycles. The van der Waals surface area contributed by atoms with Gasteiger partial charge in [0.15, 0.2) is 0 Å². The summed E-state index contributed by atoms with van der Waals surface area (Å²) >= 11 is 0. The van der Waals surface area contributed by atoms with Crippen molar-refractivity contribution in [3.8, 4) is 11.8 Å². The number of amides is 1. The van der Waals surface area contributed by atoms with E-state index in [9.17, 15) is 14.4 Å². The molecule has 0 saturated carbocycles. The zero-order valence-corrected chi connectivity index (χ0v) is 18.2. The van der Waals surface area contributed by atoms with Crippen molar-refractivity contribution in [2.45, 2.75) is 26.7 Å². The van der Waals surface area contributed by atoms with Crippen LogP contribution >= 0.6 is 0 Å². The molecule has 0 unspecified atom stereocenters. The Morgan fingerprint density at radius 2 is 2.06 bits per heavy atom. The Balaban J connectivity index is 1.52. The van der Waals surface area contributed by atoms with Crippen LogP contribution in [0.15, 0.2) is 42.6 Å². The number of nitrogens with zero attached hydrogens (tertiary/aromatic N) is 3. The van der Waals surface area contributed by atoms with Gasteiger partial charge in [-0.2, -0.15) is 5.26 Å². The SMILES string of the molecule is CCOc1ccc2ncc(C#N)c(N3CCC(C(=O)Nc4ccc(C)c(F)c4)CC3)c2c1. The van der Waals surface area contributed by atoms with Crippen molar-refractivity contribution in [2.24, 2.45) is 5.92 Å². The summed E-state index contributed by atoms with van der Waals surface area (Å²) in [6.45, 7) is 5.43. The number of carbonyl (C=O) groups excluding carboxylic acids is 1. The number of carbonyl (C=O) groups is 1. The van der Waals surface area contributed by atoms with E-state index in [1.54, 1.807) is 25.3 Å². The van der Waals surface area contributed by atoms with Crippen molar-refractivity contribution in [3.05, 3.63) is 59.5 Å². The normalized spacial score (nSPS) is 14.2. The highest BCUT2D eigenvalue weighted by Crippen LogP contribution is 2.34. The smallest absolute Gasteiger partial charge is 0.227 e. The Kier molecular flexibility index (Phi) is 6.22. The van der Waals surface area contributed by atoms with E-state index in [4.69, 9.17) is 4.74 Å². The number of aromatic nitrogens is 1. The van der Waals surface area contributed by atoms with Gasteiger partial charge in [0.25, 0.3) is 0 Å². The molecule has 3 aromatic rings. The molecule has 0 aliphatic carbocycles. The molecular formula is C25H25FN4O2. The van der Waals surface area contributed by atoms with Crippen LogP contribution in [0.2, 0.25) is 0 Å². The quantitative estimate of drug-likeness (QED) is 0.626. The molecule has 0 atom stereocenters. The van der Waals surface area contributed by atoms with Crippen LogP contribution in [0.4, 0.5) is 15.8 Å². The third kappa shape index (κ3) is 4.35. The van der Waals surface area contributed by atoms with Gasteiger partial charge in [-0.05, 0) is 62.6 Å². The number of fused-ring (bicyclic) bond motifs is 1. The summed E-state index contributed by atoms with van der Waals surface area (Å²) in [6, 6.07) is 12.7. The van der Waals surface area contributed by atoms with Crippen molar-refractivity contribution < 1.29 is 13.9 Å². The van der Waals surface area contributed by atoms with Gasteiger partial charge in [-0.1, -0.05) is 6.07 Å². The van der Waals surface area contributed by atoms with E-state index >= 15 is 0 Å². The first kappa shape index (κ1) is 21.6. The topological polar surface area (TPSA) is 78.2 Å². The number of anilines is 2. The first-order valence-electron chi connectivity index (χ1n) is 10.8. The molecule has 1 N–H and O–H groups in total. The summed E-state index contributed by atoms with van der Waals surface area (Å²) < 4.78 is 19.4.